The van der Waals surface area contributed by atoms with E-state index in [9.17, 15) is 19.2 Å². The third kappa shape index (κ3) is 9.31. The molecular weight excluding hydrogens is 813 g/mol. The minimum atomic E-state index is -0.977. The molecule has 4 N–H and O–H groups in total. The summed E-state index contributed by atoms with van der Waals surface area (Å²) in [6, 6.07) is 32.5. The van der Waals surface area contributed by atoms with Crippen LogP contribution in [0.2, 0.25) is 0 Å². The van der Waals surface area contributed by atoms with Crippen LogP contribution in [0.1, 0.15) is 90.0 Å². The number of aromatic nitrogens is 4. The van der Waals surface area contributed by atoms with Gasteiger partial charge < -0.3 is 39.3 Å². The number of benzene rings is 4. The SMILES string of the molecule is CCOC(=O)c1[nH]c([C@@H]2CCCN2C(=O)[C@H](NC(=O)OC)c2ccccc2)nc1-c1ccc(-c2ccc(-c3cnc([C@@H]4CCCN4C(=O)[C@H](NCOC)c4ccccc4)[nH]3)cc2)cc1. The summed E-state index contributed by atoms with van der Waals surface area (Å²) in [5.41, 5.74) is 6.57. The molecule has 4 atom stereocenters. The number of hydrogen-bond acceptors (Lipinski definition) is 10. The highest BCUT2D eigenvalue weighted by molar-refractivity contribution is 5.95. The molecule has 0 aliphatic carbocycles. The van der Waals surface area contributed by atoms with Crippen molar-refractivity contribution in [2.24, 2.45) is 0 Å². The van der Waals surface area contributed by atoms with Crippen molar-refractivity contribution in [3.8, 4) is 33.6 Å². The summed E-state index contributed by atoms with van der Waals surface area (Å²) in [5, 5.41) is 5.93. The van der Waals surface area contributed by atoms with Crippen molar-refractivity contribution < 1.29 is 33.4 Å². The minimum absolute atomic E-state index is 0.0140. The van der Waals surface area contributed by atoms with Gasteiger partial charge in [0.25, 0.3) is 5.91 Å². The highest BCUT2D eigenvalue weighted by atomic mass is 16.5. The molecule has 2 aliphatic heterocycles. The molecule has 15 heteroatoms. The van der Waals surface area contributed by atoms with Crippen LogP contribution in [0.3, 0.4) is 0 Å². The maximum Gasteiger partial charge on any atom is 0.407 e. The fourth-order valence-corrected chi connectivity index (χ4v) is 8.66. The number of carbonyl (C=O) groups excluding carboxylic acids is 4. The van der Waals surface area contributed by atoms with Crippen LogP contribution in [0.4, 0.5) is 4.79 Å². The fourth-order valence-electron chi connectivity index (χ4n) is 8.66. The van der Waals surface area contributed by atoms with E-state index in [1.807, 2.05) is 96.0 Å². The normalized spacial score (nSPS) is 16.9. The summed E-state index contributed by atoms with van der Waals surface area (Å²) in [4.78, 5) is 73.8. The number of H-pyrrole nitrogens is 2. The molecule has 2 aromatic heterocycles. The van der Waals surface area contributed by atoms with Crippen molar-refractivity contribution in [1.82, 2.24) is 40.4 Å². The van der Waals surface area contributed by atoms with E-state index in [1.54, 1.807) is 43.2 Å². The van der Waals surface area contributed by atoms with Gasteiger partial charge in [0.1, 0.15) is 29.4 Å². The largest absolute Gasteiger partial charge is 0.461 e. The Balaban J connectivity index is 0.987. The number of nitrogens with one attached hydrogen (secondary N) is 4. The van der Waals surface area contributed by atoms with Gasteiger partial charge in [-0.1, -0.05) is 109 Å². The van der Waals surface area contributed by atoms with Gasteiger partial charge in [-0.05, 0) is 60.4 Å². The minimum Gasteiger partial charge on any atom is -0.461 e. The molecule has 2 aliphatic rings. The number of carbonyl (C=O) groups is 4. The number of alkyl carbamates (subject to hydrolysis) is 1. The van der Waals surface area contributed by atoms with Gasteiger partial charge in [0, 0.05) is 25.8 Å². The Labute approximate surface area is 371 Å². The molecule has 0 spiro atoms. The van der Waals surface area contributed by atoms with Gasteiger partial charge >= 0.3 is 12.1 Å². The molecule has 64 heavy (non-hydrogen) atoms. The quantitative estimate of drug-likeness (QED) is 0.0590. The highest BCUT2D eigenvalue weighted by Crippen LogP contribution is 2.37. The van der Waals surface area contributed by atoms with Crippen LogP contribution in [-0.2, 0) is 23.8 Å². The lowest BCUT2D eigenvalue weighted by Gasteiger charge is -2.28. The Bertz CT molecular complexity index is 2540. The fraction of sp³-hybridized carbons (Fsp3) is 0.306. The number of ether oxygens (including phenoxy) is 3. The summed E-state index contributed by atoms with van der Waals surface area (Å²) in [6.45, 7) is 3.25. The zero-order chi connectivity index (χ0) is 44.6. The van der Waals surface area contributed by atoms with E-state index in [-0.39, 0.29) is 36.9 Å². The molecule has 6 aromatic rings. The summed E-state index contributed by atoms with van der Waals surface area (Å²) >= 11 is 0. The number of methoxy groups -OCH3 is 2. The van der Waals surface area contributed by atoms with Crippen molar-refractivity contribution >= 4 is 23.9 Å². The average Bonchev–Trinajstić information content (AvgIpc) is 4.19. The van der Waals surface area contributed by atoms with Gasteiger partial charge in [0.15, 0.2) is 5.69 Å². The highest BCUT2D eigenvalue weighted by Gasteiger charge is 2.39. The summed E-state index contributed by atoms with van der Waals surface area (Å²) < 4.78 is 15.5. The number of hydrogen-bond donors (Lipinski definition) is 4. The second-order valence-corrected chi connectivity index (χ2v) is 15.7. The maximum absolute atomic E-state index is 14.1. The monoisotopic (exact) mass is 864 g/mol. The standard InChI is InChI=1S/C49H52N8O7/c1-4-64-48(60)43-40(53-45(54-43)39-18-12-28-57(39)47(59)42(55-49(61)63-3)35-15-9-6-10-16-35)36-25-21-32(22-26-36)31-19-23-33(24-20-31)37-29-50-44(52-37)38-17-11-27-56(38)46(58)41(51-30-62-2)34-13-7-5-8-14-34/h5-10,13-16,19-26,29,38-39,41-42,51H,4,11-12,17-18,27-28,30H2,1-3H3,(H,50,52)(H,53,54)(H,55,61)/t38-,39-,41+,42+/m0/s1. The van der Waals surface area contributed by atoms with Gasteiger partial charge in [-0.25, -0.2) is 19.6 Å². The maximum atomic E-state index is 14.1. The molecule has 15 nitrogen and oxygen atoms in total. The van der Waals surface area contributed by atoms with Crippen LogP contribution in [-0.4, -0.2) is 94.3 Å². The van der Waals surface area contributed by atoms with Gasteiger partial charge in [0.05, 0.1) is 44.4 Å². The summed E-state index contributed by atoms with van der Waals surface area (Å²) in [5.74, 6) is 0.334. The van der Waals surface area contributed by atoms with Crippen molar-refractivity contribution in [2.75, 3.05) is 40.6 Å². The van der Waals surface area contributed by atoms with Gasteiger partial charge in [0.2, 0.25) is 5.91 Å². The lowest BCUT2D eigenvalue weighted by Crippen LogP contribution is -2.42. The molecule has 330 valence electrons. The van der Waals surface area contributed by atoms with E-state index >= 15 is 0 Å². The lowest BCUT2D eigenvalue weighted by atomic mass is 10.0. The molecule has 0 bridgehead atoms. The molecule has 0 radical (unpaired) electrons. The molecule has 2 saturated heterocycles. The molecule has 0 saturated carbocycles. The second-order valence-electron chi connectivity index (χ2n) is 15.7. The van der Waals surface area contributed by atoms with Gasteiger partial charge in [-0.15, -0.1) is 0 Å². The number of nitrogens with zero attached hydrogens (tertiary/aromatic N) is 4. The Kier molecular flexibility index (Phi) is 13.6. The molecular formula is C49H52N8O7. The zero-order valence-corrected chi connectivity index (χ0v) is 36.1. The van der Waals surface area contributed by atoms with Crippen LogP contribution in [0, 0.1) is 0 Å². The van der Waals surface area contributed by atoms with Crippen molar-refractivity contribution in [3.63, 3.8) is 0 Å². The Hall–Kier alpha value is -7.10. The first-order chi connectivity index (χ1) is 31.3. The van der Waals surface area contributed by atoms with Crippen molar-refractivity contribution in [1.29, 1.82) is 0 Å². The van der Waals surface area contributed by atoms with Crippen molar-refractivity contribution in [3.05, 3.63) is 144 Å². The van der Waals surface area contributed by atoms with E-state index in [0.717, 1.165) is 46.6 Å². The van der Waals surface area contributed by atoms with E-state index in [2.05, 4.69) is 20.6 Å². The number of rotatable bonds is 15. The number of amides is 3. The second kappa shape index (κ2) is 19.9. The third-order valence-corrected chi connectivity index (χ3v) is 11.8. The molecule has 8 rings (SSSR count). The number of esters is 1. The summed E-state index contributed by atoms with van der Waals surface area (Å²) in [6.07, 6.45) is 4.10. The van der Waals surface area contributed by atoms with E-state index < -0.39 is 30.2 Å². The topological polar surface area (TPSA) is 184 Å². The van der Waals surface area contributed by atoms with Crippen LogP contribution >= 0.6 is 0 Å². The smallest absolute Gasteiger partial charge is 0.407 e. The van der Waals surface area contributed by atoms with Crippen LogP contribution < -0.4 is 10.6 Å². The zero-order valence-electron chi connectivity index (χ0n) is 36.1. The molecule has 2 fully saturated rings. The average molecular weight is 865 g/mol. The molecule has 4 heterocycles. The van der Waals surface area contributed by atoms with Crippen molar-refractivity contribution in [2.45, 2.75) is 56.8 Å². The Morgan fingerprint density at radius 2 is 1.25 bits per heavy atom. The van der Waals surface area contributed by atoms with Crippen LogP contribution in [0.15, 0.2) is 115 Å². The first-order valence-corrected chi connectivity index (χ1v) is 21.6. The molecule has 3 amide bonds. The van der Waals surface area contributed by atoms with Crippen LogP contribution in [0.5, 0.6) is 0 Å². The first-order valence-electron chi connectivity index (χ1n) is 21.6. The number of likely N-dealkylation sites (tertiary alicyclic amines) is 2. The molecule has 0 unspecified atom stereocenters. The third-order valence-electron chi connectivity index (χ3n) is 11.8. The summed E-state index contributed by atoms with van der Waals surface area (Å²) in [7, 11) is 2.85. The van der Waals surface area contributed by atoms with E-state index in [1.165, 1.54) is 7.11 Å². The number of imidazole rings is 2. The van der Waals surface area contributed by atoms with E-state index in [0.29, 0.717) is 48.6 Å². The van der Waals surface area contributed by atoms with Gasteiger partial charge in [-0.2, -0.15) is 0 Å². The number of aromatic amines is 2. The predicted octanol–water partition coefficient (Wildman–Crippen LogP) is 7.67. The van der Waals surface area contributed by atoms with E-state index in [4.69, 9.17) is 24.2 Å². The Morgan fingerprint density at radius 3 is 1.83 bits per heavy atom. The molecule has 4 aromatic carbocycles. The first kappa shape index (κ1) is 43.5. The van der Waals surface area contributed by atoms with Gasteiger partial charge in [-0.3, -0.25) is 14.9 Å². The predicted molar refractivity (Wildman–Crippen MR) is 239 cm³/mol. The lowest BCUT2D eigenvalue weighted by molar-refractivity contribution is -0.135. The van der Waals surface area contributed by atoms with Crippen LogP contribution in [0.25, 0.3) is 33.6 Å². The Morgan fingerprint density at radius 1 is 0.703 bits per heavy atom.